The van der Waals surface area contributed by atoms with Crippen molar-refractivity contribution in [3.8, 4) is 0 Å². The zero-order chi connectivity index (χ0) is 16.4. The summed E-state index contributed by atoms with van der Waals surface area (Å²) >= 11 is 0. The molecule has 0 spiro atoms. The lowest BCUT2D eigenvalue weighted by atomic mass is 10.3. The summed E-state index contributed by atoms with van der Waals surface area (Å²) in [6.07, 6.45) is 2.66. The van der Waals surface area contributed by atoms with Crippen molar-refractivity contribution in [2.24, 2.45) is 7.05 Å². The van der Waals surface area contributed by atoms with Gasteiger partial charge in [0.2, 0.25) is 0 Å². The van der Waals surface area contributed by atoms with E-state index in [1.165, 1.54) is 0 Å². The van der Waals surface area contributed by atoms with Crippen LogP contribution in [0.3, 0.4) is 0 Å². The average Bonchev–Trinajstić information content (AvgIpc) is 2.89. The molecule has 7 heteroatoms. The second-order valence-corrected chi connectivity index (χ2v) is 4.84. The minimum Gasteiger partial charge on any atom is -0.465 e. The smallest absolute Gasteiger partial charge is 0.325 e. The topological polar surface area (TPSA) is 72.8 Å². The highest BCUT2D eigenvalue weighted by Gasteiger charge is 2.16. The van der Waals surface area contributed by atoms with Gasteiger partial charge in [-0.05, 0) is 25.5 Å². The first-order valence-electron chi connectivity index (χ1n) is 7.36. The molecular formula is C15H25N3O4. The van der Waals surface area contributed by atoms with Gasteiger partial charge in [-0.15, -0.1) is 0 Å². The fourth-order valence-corrected chi connectivity index (χ4v) is 1.98. The predicted molar refractivity (Wildman–Crippen MR) is 82.3 cm³/mol. The van der Waals surface area contributed by atoms with Gasteiger partial charge in [0.1, 0.15) is 6.54 Å². The molecule has 0 fully saturated rings. The molecule has 0 unspecified atom stereocenters. The lowest BCUT2D eigenvalue weighted by Gasteiger charge is -2.23. The Morgan fingerprint density at radius 1 is 1.41 bits per heavy atom. The van der Waals surface area contributed by atoms with Crippen LogP contribution in [0.5, 0.6) is 0 Å². The van der Waals surface area contributed by atoms with E-state index in [0.29, 0.717) is 26.3 Å². The van der Waals surface area contributed by atoms with Crippen LogP contribution in [0.25, 0.3) is 0 Å². The fraction of sp³-hybridized carbons (Fsp3) is 0.600. The predicted octanol–water partition coefficient (Wildman–Crippen LogP) is 1.14. The number of urea groups is 1. The van der Waals surface area contributed by atoms with Gasteiger partial charge < -0.3 is 24.3 Å². The van der Waals surface area contributed by atoms with E-state index in [0.717, 1.165) is 12.1 Å². The van der Waals surface area contributed by atoms with Crippen LogP contribution < -0.4 is 5.32 Å². The number of amides is 2. The minimum absolute atomic E-state index is 0.124. The van der Waals surface area contributed by atoms with Gasteiger partial charge in [-0.3, -0.25) is 4.79 Å². The van der Waals surface area contributed by atoms with E-state index in [1.54, 1.807) is 18.9 Å². The van der Waals surface area contributed by atoms with Gasteiger partial charge in [-0.1, -0.05) is 0 Å². The molecule has 1 rings (SSSR count). The van der Waals surface area contributed by atoms with Gasteiger partial charge in [-0.2, -0.15) is 0 Å². The Morgan fingerprint density at radius 2 is 2.18 bits per heavy atom. The van der Waals surface area contributed by atoms with Crippen LogP contribution >= 0.6 is 0 Å². The Balaban J connectivity index is 2.57. The lowest BCUT2D eigenvalue weighted by Crippen LogP contribution is -2.43. The molecule has 0 saturated heterocycles. The molecule has 0 aliphatic heterocycles. The maximum absolute atomic E-state index is 12.2. The quantitative estimate of drug-likeness (QED) is 0.548. The van der Waals surface area contributed by atoms with Crippen molar-refractivity contribution in [3.63, 3.8) is 0 Å². The summed E-state index contributed by atoms with van der Waals surface area (Å²) in [5.41, 5.74) is 1.02. The first kappa shape index (κ1) is 18.0. The standard InChI is InChI=1S/C15H25N3O4/c1-4-22-14(19)11-16-15(20)18(9-6-10-21-3)12-13-7-5-8-17(13)2/h5,7-8H,4,6,9-12H2,1-3H3,(H,16,20). The molecule has 1 aromatic heterocycles. The molecule has 2 amide bonds. The van der Waals surface area contributed by atoms with E-state index in [9.17, 15) is 9.59 Å². The number of carbonyl (C=O) groups excluding carboxylic acids is 2. The van der Waals surface area contributed by atoms with E-state index < -0.39 is 5.97 Å². The molecule has 7 nitrogen and oxygen atoms in total. The number of nitrogens with zero attached hydrogens (tertiary/aromatic N) is 2. The number of esters is 1. The van der Waals surface area contributed by atoms with Crippen molar-refractivity contribution in [2.75, 3.05) is 33.4 Å². The molecule has 0 saturated carbocycles. The molecule has 0 aliphatic rings. The molecule has 0 atom stereocenters. The summed E-state index contributed by atoms with van der Waals surface area (Å²) in [4.78, 5) is 25.2. The molecule has 22 heavy (non-hydrogen) atoms. The highest BCUT2D eigenvalue weighted by molar-refractivity contribution is 5.80. The van der Waals surface area contributed by atoms with E-state index >= 15 is 0 Å². The van der Waals surface area contributed by atoms with Crippen LogP contribution in [0.15, 0.2) is 18.3 Å². The molecular weight excluding hydrogens is 286 g/mol. The lowest BCUT2D eigenvalue weighted by molar-refractivity contribution is -0.141. The summed E-state index contributed by atoms with van der Waals surface area (Å²) < 4.78 is 11.8. The maximum atomic E-state index is 12.2. The van der Waals surface area contributed by atoms with Gasteiger partial charge in [0.15, 0.2) is 0 Å². The van der Waals surface area contributed by atoms with Crippen molar-refractivity contribution >= 4 is 12.0 Å². The third-order valence-corrected chi connectivity index (χ3v) is 3.16. The van der Waals surface area contributed by atoms with Crippen molar-refractivity contribution in [1.29, 1.82) is 0 Å². The normalized spacial score (nSPS) is 10.3. The van der Waals surface area contributed by atoms with Crippen molar-refractivity contribution in [1.82, 2.24) is 14.8 Å². The van der Waals surface area contributed by atoms with E-state index in [4.69, 9.17) is 9.47 Å². The zero-order valence-electron chi connectivity index (χ0n) is 13.5. The SMILES string of the molecule is CCOC(=O)CNC(=O)N(CCCOC)Cc1cccn1C. The zero-order valence-corrected chi connectivity index (χ0v) is 13.5. The highest BCUT2D eigenvalue weighted by atomic mass is 16.5. The Hall–Kier alpha value is -2.02. The number of aryl methyl sites for hydroxylation is 1. The number of ether oxygens (including phenoxy) is 2. The summed E-state index contributed by atoms with van der Waals surface area (Å²) in [5, 5.41) is 2.59. The first-order chi connectivity index (χ1) is 10.6. The summed E-state index contributed by atoms with van der Waals surface area (Å²) in [6.45, 7) is 3.51. The third kappa shape index (κ3) is 6.17. The number of hydrogen-bond donors (Lipinski definition) is 1. The van der Waals surface area contributed by atoms with E-state index in [-0.39, 0.29) is 12.6 Å². The number of hydrogen-bond acceptors (Lipinski definition) is 4. The van der Waals surface area contributed by atoms with E-state index in [2.05, 4.69) is 5.32 Å². The van der Waals surface area contributed by atoms with Crippen LogP contribution in [0, 0.1) is 0 Å². The van der Waals surface area contributed by atoms with Crippen LogP contribution in [-0.2, 0) is 27.9 Å². The molecule has 1 heterocycles. The minimum atomic E-state index is -0.438. The fourth-order valence-electron chi connectivity index (χ4n) is 1.98. The van der Waals surface area contributed by atoms with Crippen molar-refractivity contribution in [3.05, 3.63) is 24.0 Å². The number of rotatable bonds is 9. The van der Waals surface area contributed by atoms with Crippen LogP contribution in [-0.4, -0.2) is 54.9 Å². The molecule has 1 aromatic rings. The second-order valence-electron chi connectivity index (χ2n) is 4.84. The van der Waals surface area contributed by atoms with Gasteiger partial charge in [0.25, 0.3) is 0 Å². The van der Waals surface area contributed by atoms with Gasteiger partial charge >= 0.3 is 12.0 Å². The molecule has 0 aliphatic carbocycles. The molecule has 124 valence electrons. The van der Waals surface area contributed by atoms with Crippen LogP contribution in [0.1, 0.15) is 19.0 Å². The Morgan fingerprint density at radius 3 is 2.77 bits per heavy atom. The number of carbonyl (C=O) groups is 2. The van der Waals surface area contributed by atoms with Gasteiger partial charge in [0.05, 0.1) is 13.2 Å². The van der Waals surface area contributed by atoms with E-state index in [1.807, 2.05) is 29.9 Å². The van der Waals surface area contributed by atoms with Crippen LogP contribution in [0.2, 0.25) is 0 Å². The molecule has 0 bridgehead atoms. The summed E-state index contributed by atoms with van der Waals surface area (Å²) in [6, 6.07) is 3.60. The number of aromatic nitrogens is 1. The molecule has 0 radical (unpaired) electrons. The Kier molecular flexibility index (Phi) is 8.06. The Labute approximate surface area is 131 Å². The molecule has 0 aromatic carbocycles. The molecule has 1 N–H and O–H groups in total. The Bertz CT molecular complexity index is 473. The highest BCUT2D eigenvalue weighted by Crippen LogP contribution is 2.06. The number of nitrogens with one attached hydrogen (secondary N) is 1. The largest absolute Gasteiger partial charge is 0.465 e. The second kappa shape index (κ2) is 9.83. The van der Waals surface area contributed by atoms with Crippen molar-refractivity contribution in [2.45, 2.75) is 19.9 Å². The monoisotopic (exact) mass is 311 g/mol. The van der Waals surface area contributed by atoms with Crippen molar-refractivity contribution < 1.29 is 19.1 Å². The van der Waals surface area contributed by atoms with Crippen LogP contribution in [0.4, 0.5) is 4.79 Å². The summed E-state index contributed by atoms with van der Waals surface area (Å²) in [5.74, 6) is -0.438. The summed E-state index contributed by atoms with van der Waals surface area (Å²) in [7, 11) is 3.56. The first-order valence-corrected chi connectivity index (χ1v) is 7.36. The van der Waals surface area contributed by atoms with Gasteiger partial charge in [-0.25, -0.2) is 4.79 Å². The maximum Gasteiger partial charge on any atom is 0.325 e. The third-order valence-electron chi connectivity index (χ3n) is 3.16. The average molecular weight is 311 g/mol. The number of methoxy groups -OCH3 is 1. The van der Waals surface area contributed by atoms with Gasteiger partial charge in [0, 0.05) is 39.2 Å².